The molecule has 31 heavy (non-hydrogen) atoms. The number of fused-ring (bicyclic) bond motifs is 3. The highest BCUT2D eigenvalue weighted by Crippen LogP contribution is 2.49. The molecule has 3 heteroatoms. The first-order valence-corrected chi connectivity index (χ1v) is 10.8. The lowest BCUT2D eigenvalue weighted by Crippen LogP contribution is -2.18. The average molecular weight is 406 g/mol. The Morgan fingerprint density at radius 2 is 1.23 bits per heavy atom. The summed E-state index contributed by atoms with van der Waals surface area (Å²) in [5, 5.41) is 0. The van der Waals surface area contributed by atoms with E-state index in [1.54, 1.807) is 0 Å². The van der Waals surface area contributed by atoms with Crippen molar-refractivity contribution in [1.29, 1.82) is 0 Å². The molecule has 1 aliphatic rings. The van der Waals surface area contributed by atoms with Crippen molar-refractivity contribution in [3.8, 4) is 33.9 Å². The molecule has 0 amide bonds. The Kier molecular flexibility index (Phi) is 4.33. The second-order valence-corrected chi connectivity index (χ2v) is 9.85. The quantitative estimate of drug-likeness (QED) is 0.368. The van der Waals surface area contributed by atoms with Crippen molar-refractivity contribution in [1.82, 2.24) is 15.0 Å². The van der Waals surface area contributed by atoms with Gasteiger partial charge in [-0.3, -0.25) is 0 Å². The minimum Gasteiger partial charge on any atom is -0.212 e. The number of aromatic nitrogens is 3. The van der Waals surface area contributed by atoms with Crippen molar-refractivity contribution >= 4 is 0 Å². The number of hydrogen-bond donors (Lipinski definition) is 0. The van der Waals surface area contributed by atoms with Crippen molar-refractivity contribution < 1.29 is 0 Å². The minimum atomic E-state index is -0.174. The van der Waals surface area contributed by atoms with Crippen LogP contribution in [-0.2, 0) is 10.8 Å². The second-order valence-electron chi connectivity index (χ2n) is 9.85. The molecule has 1 aliphatic carbocycles. The molecule has 3 aromatic carbocycles. The zero-order valence-corrected chi connectivity index (χ0v) is 18.8. The van der Waals surface area contributed by atoms with Crippen LogP contribution in [0.15, 0.2) is 72.8 Å². The van der Waals surface area contributed by atoms with Crippen LogP contribution in [-0.4, -0.2) is 15.0 Å². The Morgan fingerprint density at radius 1 is 0.613 bits per heavy atom. The standard InChI is InChI=1S/C28H27N3/c1-27(2,3)26-30-24(18-11-7-6-8-12-18)29-25(31-26)19-15-16-23-21(17-19)20-13-9-10-14-22(20)28(23,4)5/h6-17H,1-5H3. The molecule has 0 spiro atoms. The molecule has 0 saturated heterocycles. The summed E-state index contributed by atoms with van der Waals surface area (Å²) < 4.78 is 0. The van der Waals surface area contributed by atoms with Gasteiger partial charge in [-0.1, -0.05) is 101 Å². The summed E-state index contributed by atoms with van der Waals surface area (Å²) in [5.74, 6) is 2.25. The molecule has 0 radical (unpaired) electrons. The van der Waals surface area contributed by atoms with Gasteiger partial charge in [0.25, 0.3) is 0 Å². The third kappa shape index (κ3) is 3.25. The lowest BCUT2D eigenvalue weighted by molar-refractivity contribution is 0.543. The number of rotatable bonds is 2. The lowest BCUT2D eigenvalue weighted by atomic mass is 9.82. The zero-order chi connectivity index (χ0) is 21.8. The molecule has 0 unspecified atom stereocenters. The van der Waals surface area contributed by atoms with Gasteiger partial charge in [-0.05, 0) is 28.3 Å². The van der Waals surface area contributed by atoms with Crippen molar-refractivity contribution in [2.45, 2.75) is 45.4 Å². The van der Waals surface area contributed by atoms with Gasteiger partial charge in [0.2, 0.25) is 0 Å². The van der Waals surface area contributed by atoms with E-state index >= 15 is 0 Å². The summed E-state index contributed by atoms with van der Waals surface area (Å²) in [6.45, 7) is 11.0. The maximum absolute atomic E-state index is 4.90. The van der Waals surface area contributed by atoms with E-state index in [-0.39, 0.29) is 10.8 Å². The molecule has 1 heterocycles. The average Bonchev–Trinajstić information content (AvgIpc) is 3.00. The Morgan fingerprint density at radius 3 is 1.94 bits per heavy atom. The minimum absolute atomic E-state index is 0.00464. The first-order valence-electron chi connectivity index (χ1n) is 10.8. The lowest BCUT2D eigenvalue weighted by Gasteiger charge is -2.21. The fourth-order valence-electron chi connectivity index (χ4n) is 4.42. The van der Waals surface area contributed by atoms with Crippen LogP contribution in [0, 0.1) is 0 Å². The van der Waals surface area contributed by atoms with Gasteiger partial charge in [0, 0.05) is 22.0 Å². The molecule has 5 rings (SSSR count). The van der Waals surface area contributed by atoms with E-state index in [4.69, 9.17) is 15.0 Å². The fraction of sp³-hybridized carbons (Fsp3) is 0.250. The van der Waals surface area contributed by atoms with Crippen LogP contribution in [0.1, 0.15) is 51.6 Å². The molecule has 0 saturated carbocycles. The van der Waals surface area contributed by atoms with E-state index in [0.29, 0.717) is 0 Å². The van der Waals surface area contributed by atoms with Crippen LogP contribution in [0.25, 0.3) is 33.9 Å². The second kappa shape index (κ2) is 6.84. The Labute approximate surface area is 184 Å². The molecular formula is C28H27N3. The van der Waals surface area contributed by atoms with Crippen molar-refractivity contribution in [3.05, 3.63) is 89.7 Å². The molecule has 3 nitrogen and oxygen atoms in total. The van der Waals surface area contributed by atoms with Crippen LogP contribution in [0.3, 0.4) is 0 Å². The van der Waals surface area contributed by atoms with E-state index in [9.17, 15) is 0 Å². The van der Waals surface area contributed by atoms with E-state index in [2.05, 4.69) is 77.1 Å². The normalized spacial score (nSPS) is 14.2. The van der Waals surface area contributed by atoms with Gasteiger partial charge in [0.05, 0.1) is 0 Å². The third-order valence-corrected chi connectivity index (χ3v) is 6.18. The SMILES string of the molecule is CC(C)(C)c1nc(-c2ccccc2)nc(-c2ccc3c(c2)-c2ccccc2C3(C)C)n1. The molecule has 0 atom stereocenters. The highest BCUT2D eigenvalue weighted by molar-refractivity contribution is 5.83. The van der Waals surface area contributed by atoms with Gasteiger partial charge in [-0.25, -0.2) is 15.0 Å². The Hall–Kier alpha value is -3.33. The van der Waals surface area contributed by atoms with Gasteiger partial charge in [-0.15, -0.1) is 0 Å². The molecule has 0 bridgehead atoms. The van der Waals surface area contributed by atoms with Gasteiger partial charge >= 0.3 is 0 Å². The molecule has 0 fully saturated rings. The highest BCUT2D eigenvalue weighted by Gasteiger charge is 2.35. The first kappa shape index (κ1) is 19.6. The molecule has 0 N–H and O–H groups in total. The summed E-state index contributed by atoms with van der Waals surface area (Å²) >= 11 is 0. The van der Waals surface area contributed by atoms with Gasteiger partial charge in [-0.2, -0.15) is 0 Å². The molecular weight excluding hydrogens is 378 g/mol. The summed E-state index contributed by atoms with van der Waals surface area (Å²) in [4.78, 5) is 14.6. The van der Waals surface area contributed by atoms with Crippen LogP contribution in [0.5, 0.6) is 0 Å². The summed E-state index contributed by atoms with van der Waals surface area (Å²) in [7, 11) is 0. The van der Waals surface area contributed by atoms with Crippen LogP contribution >= 0.6 is 0 Å². The topological polar surface area (TPSA) is 38.7 Å². The van der Waals surface area contributed by atoms with Crippen molar-refractivity contribution in [2.24, 2.45) is 0 Å². The predicted octanol–water partition coefficient (Wildman–Crippen LogP) is 6.81. The Bertz CT molecular complexity index is 1280. The van der Waals surface area contributed by atoms with Crippen LogP contribution in [0.2, 0.25) is 0 Å². The smallest absolute Gasteiger partial charge is 0.163 e. The third-order valence-electron chi connectivity index (χ3n) is 6.18. The molecule has 1 aromatic heterocycles. The summed E-state index contributed by atoms with van der Waals surface area (Å²) in [5.41, 5.74) is 7.15. The Balaban J connectivity index is 1.71. The van der Waals surface area contributed by atoms with E-state index in [1.165, 1.54) is 22.3 Å². The highest BCUT2D eigenvalue weighted by atomic mass is 15.0. The van der Waals surface area contributed by atoms with Gasteiger partial charge in [0.1, 0.15) is 5.82 Å². The summed E-state index contributed by atoms with van der Waals surface area (Å²) in [6, 6.07) is 25.5. The largest absolute Gasteiger partial charge is 0.212 e. The van der Waals surface area contributed by atoms with Gasteiger partial charge in [0.15, 0.2) is 11.6 Å². The van der Waals surface area contributed by atoms with E-state index in [1.807, 2.05) is 30.3 Å². The van der Waals surface area contributed by atoms with Crippen LogP contribution in [0.4, 0.5) is 0 Å². The number of benzene rings is 3. The summed E-state index contributed by atoms with van der Waals surface area (Å²) in [6.07, 6.45) is 0. The monoisotopic (exact) mass is 405 g/mol. The predicted molar refractivity (Wildman–Crippen MR) is 127 cm³/mol. The van der Waals surface area contributed by atoms with E-state index < -0.39 is 0 Å². The maximum atomic E-state index is 4.90. The maximum Gasteiger partial charge on any atom is 0.163 e. The van der Waals surface area contributed by atoms with Gasteiger partial charge < -0.3 is 0 Å². The van der Waals surface area contributed by atoms with Crippen molar-refractivity contribution in [3.63, 3.8) is 0 Å². The first-order chi connectivity index (χ1) is 14.7. The van der Waals surface area contributed by atoms with E-state index in [0.717, 1.165) is 28.6 Å². The van der Waals surface area contributed by atoms with Crippen LogP contribution < -0.4 is 0 Å². The fourth-order valence-corrected chi connectivity index (χ4v) is 4.42. The molecule has 0 aliphatic heterocycles. The molecule has 154 valence electrons. The number of hydrogen-bond acceptors (Lipinski definition) is 3. The zero-order valence-electron chi connectivity index (χ0n) is 18.8. The molecule has 4 aromatic rings. The van der Waals surface area contributed by atoms with Crippen molar-refractivity contribution in [2.75, 3.05) is 0 Å². The number of nitrogens with zero attached hydrogens (tertiary/aromatic N) is 3.